The van der Waals surface area contributed by atoms with Gasteiger partial charge in [0.1, 0.15) is 16.7 Å². The second-order valence-electron chi connectivity index (χ2n) is 4.35. The summed E-state index contributed by atoms with van der Waals surface area (Å²) in [7, 11) is 0. The predicted molar refractivity (Wildman–Crippen MR) is 76.8 cm³/mol. The van der Waals surface area contributed by atoms with Gasteiger partial charge in [0.2, 0.25) is 0 Å². The summed E-state index contributed by atoms with van der Waals surface area (Å²) in [5, 5.41) is 0.482. The molecule has 1 heterocycles. The van der Waals surface area contributed by atoms with Crippen LogP contribution in [0.2, 0.25) is 5.15 Å². The molecular weight excluding hydrogens is 260 g/mol. The Balaban J connectivity index is 1.92. The number of aryl methyl sites for hydroxylation is 2. The third kappa shape index (κ3) is 4.21. The van der Waals surface area contributed by atoms with Crippen molar-refractivity contribution in [2.75, 3.05) is 6.61 Å². The van der Waals surface area contributed by atoms with E-state index in [-0.39, 0.29) is 0 Å². The minimum Gasteiger partial charge on any atom is -0.493 e. The molecule has 0 saturated carbocycles. The maximum atomic E-state index is 5.89. The maximum Gasteiger partial charge on any atom is 0.133 e. The summed E-state index contributed by atoms with van der Waals surface area (Å²) in [6.07, 6.45) is 1.66. The van der Waals surface area contributed by atoms with Gasteiger partial charge in [0, 0.05) is 12.1 Å². The summed E-state index contributed by atoms with van der Waals surface area (Å²) < 4.78 is 5.71. The molecule has 2 rings (SSSR count). The molecule has 1 aromatic heterocycles. The predicted octanol–water partition coefficient (Wildman–Crippen LogP) is 3.62. The van der Waals surface area contributed by atoms with Gasteiger partial charge < -0.3 is 4.74 Å². The van der Waals surface area contributed by atoms with E-state index in [1.165, 1.54) is 5.56 Å². The Morgan fingerprint density at radius 3 is 2.79 bits per heavy atom. The fraction of sp³-hybridized carbons (Fsp3) is 0.333. The van der Waals surface area contributed by atoms with Crippen LogP contribution in [-0.2, 0) is 12.8 Å². The Kier molecular flexibility index (Phi) is 4.74. The van der Waals surface area contributed by atoms with Crippen LogP contribution in [0, 0.1) is 6.92 Å². The van der Waals surface area contributed by atoms with Gasteiger partial charge in [-0.2, -0.15) is 0 Å². The van der Waals surface area contributed by atoms with E-state index >= 15 is 0 Å². The molecule has 3 nitrogen and oxygen atoms in total. The largest absolute Gasteiger partial charge is 0.493 e. The Labute approximate surface area is 118 Å². The topological polar surface area (TPSA) is 35.0 Å². The van der Waals surface area contributed by atoms with Crippen LogP contribution < -0.4 is 4.74 Å². The summed E-state index contributed by atoms with van der Waals surface area (Å²) in [5.41, 5.74) is 2.15. The Morgan fingerprint density at radius 2 is 2.05 bits per heavy atom. The van der Waals surface area contributed by atoms with E-state index < -0.39 is 0 Å². The molecule has 2 aromatic rings. The van der Waals surface area contributed by atoms with Crippen LogP contribution in [-0.4, -0.2) is 16.6 Å². The molecule has 4 heteroatoms. The van der Waals surface area contributed by atoms with Crippen molar-refractivity contribution in [1.82, 2.24) is 9.97 Å². The van der Waals surface area contributed by atoms with Crippen molar-refractivity contribution in [2.24, 2.45) is 0 Å². The quantitative estimate of drug-likeness (QED) is 0.783. The molecule has 19 heavy (non-hydrogen) atoms. The van der Waals surface area contributed by atoms with Gasteiger partial charge in [0.25, 0.3) is 0 Å². The summed E-state index contributed by atoms with van der Waals surface area (Å²) in [6, 6.07) is 9.87. The molecule has 0 aliphatic heterocycles. The van der Waals surface area contributed by atoms with Crippen LogP contribution in [0.5, 0.6) is 5.75 Å². The molecule has 0 fully saturated rings. The zero-order chi connectivity index (χ0) is 13.7. The zero-order valence-electron chi connectivity index (χ0n) is 11.2. The van der Waals surface area contributed by atoms with E-state index in [9.17, 15) is 0 Å². The first-order valence-electron chi connectivity index (χ1n) is 6.39. The second kappa shape index (κ2) is 6.53. The fourth-order valence-corrected chi connectivity index (χ4v) is 2.07. The fourth-order valence-electron chi connectivity index (χ4n) is 1.82. The molecule has 100 valence electrons. The van der Waals surface area contributed by atoms with E-state index in [1.54, 1.807) is 6.07 Å². The first kappa shape index (κ1) is 13.8. The van der Waals surface area contributed by atoms with E-state index in [1.807, 2.05) is 19.1 Å². The van der Waals surface area contributed by atoms with Crippen molar-refractivity contribution in [3.63, 3.8) is 0 Å². The molecule has 0 aliphatic carbocycles. The number of ether oxygens (including phenoxy) is 1. The molecule has 0 radical (unpaired) electrons. The van der Waals surface area contributed by atoms with Gasteiger partial charge in [-0.25, -0.2) is 9.97 Å². The zero-order valence-corrected chi connectivity index (χ0v) is 11.9. The minimum absolute atomic E-state index is 0.482. The summed E-state index contributed by atoms with van der Waals surface area (Å²) in [5.74, 6) is 1.61. The number of rotatable bonds is 5. The van der Waals surface area contributed by atoms with Gasteiger partial charge >= 0.3 is 0 Å². The molecule has 0 unspecified atom stereocenters. The van der Waals surface area contributed by atoms with E-state index in [0.717, 1.165) is 23.7 Å². The van der Waals surface area contributed by atoms with Gasteiger partial charge in [-0.3, -0.25) is 0 Å². The number of halogens is 1. The third-order valence-electron chi connectivity index (χ3n) is 2.77. The van der Waals surface area contributed by atoms with Crippen molar-refractivity contribution >= 4 is 11.6 Å². The molecule has 1 aromatic carbocycles. The molecule has 0 atom stereocenters. The first-order chi connectivity index (χ1) is 9.17. The van der Waals surface area contributed by atoms with E-state index in [0.29, 0.717) is 18.2 Å². The van der Waals surface area contributed by atoms with Gasteiger partial charge in [0.15, 0.2) is 0 Å². The lowest BCUT2D eigenvalue weighted by Gasteiger charge is -2.07. The smallest absolute Gasteiger partial charge is 0.133 e. The van der Waals surface area contributed by atoms with E-state index in [4.69, 9.17) is 16.3 Å². The Morgan fingerprint density at radius 1 is 1.21 bits per heavy atom. The average molecular weight is 277 g/mol. The highest BCUT2D eigenvalue weighted by Gasteiger charge is 2.02. The SMILES string of the molecule is CCc1cccc(OCCc2nc(C)cc(Cl)n2)c1. The van der Waals surface area contributed by atoms with Crippen molar-refractivity contribution in [3.05, 3.63) is 52.6 Å². The average Bonchev–Trinajstić information content (AvgIpc) is 2.38. The monoisotopic (exact) mass is 276 g/mol. The van der Waals surface area contributed by atoms with Crippen LogP contribution in [0.4, 0.5) is 0 Å². The molecule has 0 N–H and O–H groups in total. The molecule has 0 aliphatic rings. The van der Waals surface area contributed by atoms with Crippen LogP contribution in [0.3, 0.4) is 0 Å². The second-order valence-corrected chi connectivity index (χ2v) is 4.73. The summed E-state index contributed by atoms with van der Waals surface area (Å²) in [4.78, 5) is 8.50. The Hall–Kier alpha value is -1.61. The van der Waals surface area contributed by atoms with Crippen molar-refractivity contribution < 1.29 is 4.74 Å². The summed E-state index contributed by atoms with van der Waals surface area (Å²) >= 11 is 5.89. The standard InChI is InChI=1S/C15H17ClN2O/c1-3-12-5-4-6-13(10-12)19-8-7-15-17-11(2)9-14(16)18-15/h4-6,9-10H,3,7-8H2,1-2H3. The van der Waals surface area contributed by atoms with Gasteiger partial charge in [-0.15, -0.1) is 0 Å². The number of hydrogen-bond donors (Lipinski definition) is 0. The lowest BCUT2D eigenvalue weighted by atomic mass is 10.2. The van der Waals surface area contributed by atoms with Crippen LogP contribution >= 0.6 is 11.6 Å². The number of aromatic nitrogens is 2. The highest BCUT2D eigenvalue weighted by atomic mass is 35.5. The highest BCUT2D eigenvalue weighted by molar-refractivity contribution is 6.29. The molecule has 0 saturated heterocycles. The van der Waals surface area contributed by atoms with E-state index in [2.05, 4.69) is 29.0 Å². The molecule has 0 spiro atoms. The normalized spacial score (nSPS) is 10.5. The number of nitrogens with zero attached hydrogens (tertiary/aromatic N) is 2. The Bertz CT molecular complexity index is 537. The highest BCUT2D eigenvalue weighted by Crippen LogP contribution is 2.14. The lowest BCUT2D eigenvalue weighted by Crippen LogP contribution is -2.06. The lowest BCUT2D eigenvalue weighted by molar-refractivity contribution is 0.318. The maximum absolute atomic E-state index is 5.89. The minimum atomic E-state index is 0.482. The van der Waals surface area contributed by atoms with Gasteiger partial charge in [0.05, 0.1) is 6.61 Å². The number of benzene rings is 1. The van der Waals surface area contributed by atoms with Crippen molar-refractivity contribution in [2.45, 2.75) is 26.7 Å². The van der Waals surface area contributed by atoms with Crippen molar-refractivity contribution in [1.29, 1.82) is 0 Å². The third-order valence-corrected chi connectivity index (χ3v) is 2.96. The molecular formula is C15H17ClN2O. The van der Waals surface area contributed by atoms with Crippen LogP contribution in [0.15, 0.2) is 30.3 Å². The van der Waals surface area contributed by atoms with Crippen molar-refractivity contribution in [3.8, 4) is 5.75 Å². The van der Waals surface area contributed by atoms with Crippen LogP contribution in [0.1, 0.15) is 24.0 Å². The first-order valence-corrected chi connectivity index (χ1v) is 6.77. The van der Waals surface area contributed by atoms with Gasteiger partial charge in [-0.1, -0.05) is 30.7 Å². The molecule has 0 amide bonds. The molecule has 0 bridgehead atoms. The number of hydrogen-bond acceptors (Lipinski definition) is 3. The van der Waals surface area contributed by atoms with Crippen LogP contribution in [0.25, 0.3) is 0 Å². The van der Waals surface area contributed by atoms with Gasteiger partial charge in [-0.05, 0) is 37.1 Å². The summed E-state index contributed by atoms with van der Waals surface area (Å²) in [6.45, 7) is 4.58.